The zero-order valence-corrected chi connectivity index (χ0v) is 10.0. The molecule has 0 aromatic heterocycles. The van der Waals surface area contributed by atoms with Gasteiger partial charge in [0, 0.05) is 20.1 Å². The number of amides is 2. The van der Waals surface area contributed by atoms with Gasteiger partial charge in [0.1, 0.15) is 6.04 Å². The molecule has 0 aromatic carbocycles. The summed E-state index contributed by atoms with van der Waals surface area (Å²) < 4.78 is 0. The molecule has 88 valence electrons. The highest BCUT2D eigenvalue weighted by atomic mass is 16.4. The van der Waals surface area contributed by atoms with Gasteiger partial charge in [-0.2, -0.15) is 0 Å². The highest BCUT2D eigenvalue weighted by molar-refractivity contribution is 5.82. The molecule has 0 radical (unpaired) electrons. The summed E-state index contributed by atoms with van der Waals surface area (Å²) in [5, 5.41) is 8.90. The first-order valence-corrected chi connectivity index (χ1v) is 5.05. The molecule has 0 bridgehead atoms. The quantitative estimate of drug-likeness (QED) is 0.769. The molecule has 1 atom stereocenters. The number of nitrogens with zero attached hydrogens (tertiary/aromatic N) is 2. The number of likely N-dealkylation sites (N-methyl/N-ethyl adjacent to an activating group) is 1. The molecule has 2 amide bonds. The molecule has 0 saturated heterocycles. The minimum atomic E-state index is -0.967. The van der Waals surface area contributed by atoms with Gasteiger partial charge in [0.25, 0.3) is 0 Å². The maximum atomic E-state index is 11.8. The Balaban J connectivity index is 4.61. The molecule has 0 rings (SSSR count). The summed E-state index contributed by atoms with van der Waals surface area (Å²) in [6, 6.07) is -0.954. The molecule has 15 heavy (non-hydrogen) atoms. The van der Waals surface area contributed by atoms with Crippen LogP contribution < -0.4 is 0 Å². The van der Waals surface area contributed by atoms with Crippen molar-refractivity contribution in [2.24, 2.45) is 0 Å². The van der Waals surface area contributed by atoms with Gasteiger partial charge < -0.3 is 14.9 Å². The first kappa shape index (κ1) is 13.7. The van der Waals surface area contributed by atoms with Gasteiger partial charge in [-0.15, -0.1) is 0 Å². The lowest BCUT2D eigenvalue weighted by Gasteiger charge is -2.31. The van der Waals surface area contributed by atoms with Crippen LogP contribution in [0.3, 0.4) is 0 Å². The number of carboxylic acids is 1. The predicted molar refractivity (Wildman–Crippen MR) is 57.8 cm³/mol. The third-order valence-corrected chi connectivity index (χ3v) is 2.52. The molecule has 0 aliphatic carbocycles. The Morgan fingerprint density at radius 2 is 1.67 bits per heavy atom. The van der Waals surface area contributed by atoms with Crippen LogP contribution in [0.4, 0.5) is 4.79 Å². The summed E-state index contributed by atoms with van der Waals surface area (Å²) in [4.78, 5) is 25.4. The second-order valence-electron chi connectivity index (χ2n) is 3.86. The minimum absolute atomic E-state index is 0.0613. The number of carbonyl (C=O) groups excluding carboxylic acids is 1. The van der Waals surface area contributed by atoms with Gasteiger partial charge in [-0.05, 0) is 20.3 Å². The molecular weight excluding hydrogens is 196 g/mol. The molecule has 1 N–H and O–H groups in total. The number of rotatable bonds is 4. The van der Waals surface area contributed by atoms with E-state index in [1.807, 2.05) is 13.8 Å². The van der Waals surface area contributed by atoms with E-state index >= 15 is 0 Å². The van der Waals surface area contributed by atoms with E-state index in [9.17, 15) is 9.59 Å². The van der Waals surface area contributed by atoms with Gasteiger partial charge in [0.2, 0.25) is 0 Å². The van der Waals surface area contributed by atoms with E-state index in [1.54, 1.807) is 14.0 Å². The van der Waals surface area contributed by atoms with Crippen LogP contribution in [0.1, 0.15) is 27.2 Å². The molecule has 0 spiro atoms. The van der Waals surface area contributed by atoms with Crippen LogP contribution in [0, 0.1) is 0 Å². The molecule has 0 aliphatic heterocycles. The van der Waals surface area contributed by atoms with Gasteiger partial charge in [-0.25, -0.2) is 9.59 Å². The Bertz CT molecular complexity index is 241. The van der Waals surface area contributed by atoms with Crippen LogP contribution in [0.25, 0.3) is 0 Å². The summed E-state index contributed by atoms with van der Waals surface area (Å²) in [7, 11) is 3.18. The molecule has 5 nitrogen and oxygen atoms in total. The Kier molecular flexibility index (Phi) is 5.11. The number of hydrogen-bond donors (Lipinski definition) is 1. The molecule has 5 heteroatoms. The van der Waals surface area contributed by atoms with E-state index < -0.39 is 12.0 Å². The monoisotopic (exact) mass is 216 g/mol. The molecule has 1 unspecified atom stereocenters. The largest absolute Gasteiger partial charge is 0.480 e. The van der Waals surface area contributed by atoms with Crippen molar-refractivity contribution < 1.29 is 14.7 Å². The summed E-state index contributed by atoms with van der Waals surface area (Å²) >= 11 is 0. The van der Waals surface area contributed by atoms with E-state index in [4.69, 9.17) is 5.11 Å². The van der Waals surface area contributed by atoms with Crippen LogP contribution >= 0.6 is 0 Å². The van der Waals surface area contributed by atoms with Crippen molar-refractivity contribution in [2.45, 2.75) is 39.3 Å². The highest BCUT2D eigenvalue weighted by Crippen LogP contribution is 2.07. The van der Waals surface area contributed by atoms with Crippen LogP contribution in [0.15, 0.2) is 0 Å². The summed E-state index contributed by atoms with van der Waals surface area (Å²) in [5.41, 5.74) is 0. The Hall–Kier alpha value is -1.26. The average molecular weight is 216 g/mol. The smallest absolute Gasteiger partial charge is 0.326 e. The Morgan fingerprint density at radius 3 is 1.93 bits per heavy atom. The minimum Gasteiger partial charge on any atom is -0.480 e. The predicted octanol–water partition coefficient (Wildman–Crippen LogP) is 1.24. The molecular formula is C10H20N2O3. The topological polar surface area (TPSA) is 60.9 Å². The third-order valence-electron chi connectivity index (χ3n) is 2.52. The lowest BCUT2D eigenvalue weighted by Crippen LogP contribution is -2.49. The number of carbonyl (C=O) groups is 2. The molecule has 0 aliphatic rings. The van der Waals surface area contributed by atoms with E-state index in [-0.39, 0.29) is 12.1 Å². The first-order valence-electron chi connectivity index (χ1n) is 5.05. The van der Waals surface area contributed by atoms with E-state index in [0.29, 0.717) is 6.42 Å². The first-order chi connectivity index (χ1) is 6.82. The van der Waals surface area contributed by atoms with E-state index in [1.165, 1.54) is 16.8 Å². The van der Waals surface area contributed by atoms with Crippen LogP contribution in [0.5, 0.6) is 0 Å². The Morgan fingerprint density at radius 1 is 1.20 bits per heavy atom. The lowest BCUT2D eigenvalue weighted by atomic mass is 10.2. The SMILES string of the molecule is CCC(C(=O)O)N(C)C(=O)N(C)C(C)C. The van der Waals surface area contributed by atoms with Crippen molar-refractivity contribution in [3.8, 4) is 0 Å². The lowest BCUT2D eigenvalue weighted by molar-refractivity contribution is -0.142. The summed E-state index contributed by atoms with van der Waals surface area (Å²) in [6.07, 6.45) is 0.406. The van der Waals surface area contributed by atoms with Crippen molar-refractivity contribution in [3.05, 3.63) is 0 Å². The van der Waals surface area contributed by atoms with Crippen LogP contribution in [-0.4, -0.2) is 53.1 Å². The second kappa shape index (κ2) is 5.58. The van der Waals surface area contributed by atoms with Gasteiger partial charge in [0.15, 0.2) is 0 Å². The Labute approximate surface area is 90.7 Å². The van der Waals surface area contributed by atoms with Crippen molar-refractivity contribution in [3.63, 3.8) is 0 Å². The molecule has 0 fully saturated rings. The zero-order valence-electron chi connectivity index (χ0n) is 10.0. The van der Waals surface area contributed by atoms with Gasteiger partial charge >= 0.3 is 12.0 Å². The fraction of sp³-hybridized carbons (Fsp3) is 0.800. The molecule has 0 saturated carbocycles. The number of carboxylic acid groups (broad SMARTS) is 1. The van der Waals surface area contributed by atoms with Crippen molar-refractivity contribution in [1.82, 2.24) is 9.80 Å². The zero-order chi connectivity index (χ0) is 12.2. The fourth-order valence-electron chi connectivity index (χ4n) is 1.22. The number of hydrogen-bond acceptors (Lipinski definition) is 2. The second-order valence-corrected chi connectivity index (χ2v) is 3.86. The number of urea groups is 1. The maximum absolute atomic E-state index is 11.8. The van der Waals surface area contributed by atoms with E-state index in [0.717, 1.165) is 0 Å². The van der Waals surface area contributed by atoms with Gasteiger partial charge in [0.05, 0.1) is 0 Å². The number of aliphatic carboxylic acids is 1. The highest BCUT2D eigenvalue weighted by Gasteiger charge is 2.27. The fourth-order valence-corrected chi connectivity index (χ4v) is 1.22. The average Bonchev–Trinajstić information content (AvgIpc) is 2.15. The van der Waals surface area contributed by atoms with Crippen LogP contribution in [-0.2, 0) is 4.79 Å². The van der Waals surface area contributed by atoms with Gasteiger partial charge in [-0.3, -0.25) is 0 Å². The van der Waals surface area contributed by atoms with Gasteiger partial charge in [-0.1, -0.05) is 6.92 Å². The summed E-state index contributed by atoms with van der Waals surface area (Å²) in [6.45, 7) is 5.51. The molecule has 0 heterocycles. The van der Waals surface area contributed by atoms with Crippen molar-refractivity contribution in [1.29, 1.82) is 0 Å². The van der Waals surface area contributed by atoms with Crippen molar-refractivity contribution >= 4 is 12.0 Å². The standard InChI is InChI=1S/C10H20N2O3/c1-6-8(9(13)14)12(5)10(15)11(4)7(2)3/h7-8H,6H2,1-5H3,(H,13,14). The molecule has 0 aromatic rings. The van der Waals surface area contributed by atoms with Crippen molar-refractivity contribution in [2.75, 3.05) is 14.1 Å². The maximum Gasteiger partial charge on any atom is 0.326 e. The normalized spacial score (nSPS) is 12.4. The van der Waals surface area contributed by atoms with Crippen LogP contribution in [0.2, 0.25) is 0 Å². The summed E-state index contributed by atoms with van der Waals surface area (Å²) in [5.74, 6) is -0.967. The van der Waals surface area contributed by atoms with E-state index in [2.05, 4.69) is 0 Å². The third kappa shape index (κ3) is 3.42.